The highest BCUT2D eigenvalue weighted by Gasteiger charge is 2.13. The van der Waals surface area contributed by atoms with Crippen molar-refractivity contribution in [1.82, 2.24) is 4.90 Å². The Bertz CT molecular complexity index is 786. The number of benzene rings is 2. The van der Waals surface area contributed by atoms with Gasteiger partial charge in [-0.05, 0) is 12.1 Å². The van der Waals surface area contributed by atoms with Crippen LogP contribution in [0, 0.1) is 0 Å². The van der Waals surface area contributed by atoms with Crippen molar-refractivity contribution in [2.45, 2.75) is 6.61 Å². The Balaban J connectivity index is 1.61. The van der Waals surface area contributed by atoms with Crippen molar-refractivity contribution in [2.75, 3.05) is 44.8 Å². The minimum atomic E-state index is -3.00. The first-order chi connectivity index (χ1) is 14.1. The molecular weight excluding hydrogens is 386 g/mol. The molecule has 0 spiro atoms. The zero-order valence-electron chi connectivity index (χ0n) is 15.7. The van der Waals surface area contributed by atoms with Gasteiger partial charge >= 0.3 is 12.7 Å². The first-order valence-corrected chi connectivity index (χ1v) is 9.15. The summed E-state index contributed by atoms with van der Waals surface area (Å²) in [5.74, 6) is 0.525. The zero-order valence-corrected chi connectivity index (χ0v) is 15.7. The van der Waals surface area contributed by atoms with Gasteiger partial charge < -0.3 is 18.9 Å². The van der Waals surface area contributed by atoms with Gasteiger partial charge in [0.1, 0.15) is 23.9 Å². The number of alkyl halides is 2. The van der Waals surface area contributed by atoms with Gasteiger partial charge in [-0.25, -0.2) is 4.79 Å². The maximum Gasteiger partial charge on any atom is 0.417 e. The van der Waals surface area contributed by atoms with Crippen LogP contribution in [0.5, 0.6) is 17.2 Å². The molecule has 7 nitrogen and oxygen atoms in total. The van der Waals surface area contributed by atoms with Crippen molar-refractivity contribution in [2.24, 2.45) is 0 Å². The summed E-state index contributed by atoms with van der Waals surface area (Å²) in [6.45, 7) is 1.01. The van der Waals surface area contributed by atoms with E-state index < -0.39 is 12.7 Å². The quantitative estimate of drug-likeness (QED) is 0.720. The van der Waals surface area contributed by atoms with Crippen LogP contribution in [0.1, 0.15) is 0 Å². The third-order valence-electron chi connectivity index (χ3n) is 4.09. The van der Waals surface area contributed by atoms with E-state index in [1.54, 1.807) is 30.3 Å². The van der Waals surface area contributed by atoms with Crippen LogP contribution in [-0.4, -0.2) is 57.1 Å². The molecule has 1 heterocycles. The van der Waals surface area contributed by atoms with E-state index in [2.05, 4.69) is 15.0 Å². The van der Waals surface area contributed by atoms with Gasteiger partial charge in [0.2, 0.25) is 0 Å². The molecule has 1 saturated heterocycles. The smallest absolute Gasteiger partial charge is 0.417 e. The standard InChI is InChI=1S/C20H22F2N2O5/c21-19(22)28-18-13-15(23-20(25)29-16-4-2-1-3-5-16)12-17(14-18)27-11-8-24-6-9-26-10-7-24/h1-5,12-14,19H,6-11H2,(H,23,25). The van der Waals surface area contributed by atoms with Gasteiger partial charge in [0.15, 0.2) is 0 Å². The molecule has 0 aromatic heterocycles. The Hall–Kier alpha value is -2.91. The summed E-state index contributed by atoms with van der Waals surface area (Å²) in [7, 11) is 0. The van der Waals surface area contributed by atoms with E-state index >= 15 is 0 Å². The number of hydrogen-bond acceptors (Lipinski definition) is 6. The predicted molar refractivity (Wildman–Crippen MR) is 102 cm³/mol. The molecule has 0 bridgehead atoms. The third-order valence-corrected chi connectivity index (χ3v) is 4.09. The fraction of sp³-hybridized carbons (Fsp3) is 0.350. The molecule has 1 N–H and O–H groups in total. The second-order valence-electron chi connectivity index (χ2n) is 6.20. The zero-order chi connectivity index (χ0) is 20.5. The summed E-state index contributed by atoms with van der Waals surface area (Å²) < 4.78 is 45.8. The van der Waals surface area contributed by atoms with E-state index in [9.17, 15) is 13.6 Å². The van der Waals surface area contributed by atoms with Crippen LogP contribution in [0.15, 0.2) is 48.5 Å². The number of amides is 1. The number of hydrogen-bond donors (Lipinski definition) is 1. The van der Waals surface area contributed by atoms with Gasteiger partial charge in [0.05, 0.1) is 18.9 Å². The summed E-state index contributed by atoms with van der Waals surface area (Å²) in [6.07, 6.45) is -0.760. The molecule has 1 fully saturated rings. The minimum absolute atomic E-state index is 0.126. The van der Waals surface area contributed by atoms with E-state index in [0.717, 1.165) is 13.1 Å². The van der Waals surface area contributed by atoms with Crippen molar-refractivity contribution >= 4 is 11.8 Å². The van der Waals surface area contributed by atoms with E-state index in [4.69, 9.17) is 14.2 Å². The Labute approximate surface area is 167 Å². The highest BCUT2D eigenvalue weighted by atomic mass is 19.3. The van der Waals surface area contributed by atoms with Crippen LogP contribution < -0.4 is 19.5 Å². The SMILES string of the molecule is O=C(Nc1cc(OCCN2CCOCC2)cc(OC(F)F)c1)Oc1ccccc1. The number of nitrogens with zero attached hydrogens (tertiary/aromatic N) is 1. The number of nitrogens with one attached hydrogen (secondary N) is 1. The van der Waals surface area contributed by atoms with Crippen molar-refractivity contribution in [3.63, 3.8) is 0 Å². The second-order valence-corrected chi connectivity index (χ2v) is 6.20. The minimum Gasteiger partial charge on any atom is -0.492 e. The highest BCUT2D eigenvalue weighted by molar-refractivity contribution is 5.86. The number of morpholine rings is 1. The largest absolute Gasteiger partial charge is 0.492 e. The van der Waals surface area contributed by atoms with Gasteiger partial charge in [-0.3, -0.25) is 10.2 Å². The first-order valence-electron chi connectivity index (χ1n) is 9.15. The van der Waals surface area contributed by atoms with Crippen LogP contribution in [0.3, 0.4) is 0 Å². The molecule has 0 saturated carbocycles. The summed E-state index contributed by atoms with van der Waals surface area (Å²) in [6, 6.07) is 12.6. The average molecular weight is 408 g/mol. The fourth-order valence-electron chi connectivity index (χ4n) is 2.75. The van der Waals surface area contributed by atoms with Crippen molar-refractivity contribution < 1.29 is 32.5 Å². The number of carbonyl (C=O) groups excluding carboxylic acids is 1. The summed E-state index contributed by atoms with van der Waals surface area (Å²) in [5.41, 5.74) is 0.213. The average Bonchev–Trinajstić information content (AvgIpc) is 2.69. The number of carbonyl (C=O) groups is 1. The van der Waals surface area contributed by atoms with Gasteiger partial charge in [0, 0.05) is 37.8 Å². The molecule has 156 valence electrons. The maximum atomic E-state index is 12.6. The Morgan fingerprint density at radius 3 is 2.52 bits per heavy atom. The monoisotopic (exact) mass is 408 g/mol. The Morgan fingerprint density at radius 2 is 1.79 bits per heavy atom. The van der Waals surface area contributed by atoms with Crippen LogP contribution in [-0.2, 0) is 4.74 Å². The normalized spacial score (nSPS) is 14.4. The molecule has 2 aromatic rings. The van der Waals surface area contributed by atoms with Crippen LogP contribution in [0.4, 0.5) is 19.3 Å². The van der Waals surface area contributed by atoms with E-state index in [0.29, 0.717) is 37.9 Å². The van der Waals surface area contributed by atoms with Crippen molar-refractivity contribution in [3.05, 3.63) is 48.5 Å². The Kier molecular flexibility index (Phi) is 7.60. The van der Waals surface area contributed by atoms with E-state index in [-0.39, 0.29) is 11.4 Å². The lowest BCUT2D eigenvalue weighted by atomic mass is 10.3. The number of ether oxygens (including phenoxy) is 4. The summed E-state index contributed by atoms with van der Waals surface area (Å²) in [4.78, 5) is 14.2. The molecule has 0 unspecified atom stereocenters. The number of rotatable bonds is 8. The fourth-order valence-corrected chi connectivity index (χ4v) is 2.75. The van der Waals surface area contributed by atoms with Gasteiger partial charge in [-0.1, -0.05) is 18.2 Å². The van der Waals surface area contributed by atoms with Crippen molar-refractivity contribution in [1.29, 1.82) is 0 Å². The van der Waals surface area contributed by atoms with Gasteiger partial charge in [-0.2, -0.15) is 8.78 Å². The second kappa shape index (κ2) is 10.6. The van der Waals surface area contributed by atoms with Crippen molar-refractivity contribution in [3.8, 4) is 17.2 Å². The van der Waals surface area contributed by atoms with Crippen LogP contribution in [0.2, 0.25) is 0 Å². The molecule has 9 heteroatoms. The van der Waals surface area contributed by atoms with E-state index in [1.165, 1.54) is 18.2 Å². The van der Waals surface area contributed by atoms with Crippen LogP contribution in [0.25, 0.3) is 0 Å². The molecular formula is C20H22F2N2O5. The van der Waals surface area contributed by atoms with Gasteiger partial charge in [-0.15, -0.1) is 0 Å². The maximum absolute atomic E-state index is 12.6. The molecule has 0 atom stereocenters. The number of anilines is 1. The summed E-state index contributed by atoms with van der Waals surface area (Å²) >= 11 is 0. The van der Waals surface area contributed by atoms with E-state index in [1.807, 2.05) is 0 Å². The third kappa shape index (κ3) is 7.20. The lowest BCUT2D eigenvalue weighted by Gasteiger charge is -2.26. The van der Waals surface area contributed by atoms with Gasteiger partial charge in [0.25, 0.3) is 0 Å². The molecule has 1 amide bonds. The molecule has 2 aromatic carbocycles. The molecule has 3 rings (SSSR count). The topological polar surface area (TPSA) is 69.3 Å². The Morgan fingerprint density at radius 1 is 1.07 bits per heavy atom. The number of halogens is 2. The predicted octanol–water partition coefficient (Wildman–Crippen LogP) is 3.61. The highest BCUT2D eigenvalue weighted by Crippen LogP contribution is 2.28. The molecule has 0 radical (unpaired) electrons. The molecule has 0 aliphatic carbocycles. The molecule has 1 aliphatic heterocycles. The lowest BCUT2D eigenvalue weighted by Crippen LogP contribution is -2.38. The first kappa shape index (κ1) is 20.8. The molecule has 1 aliphatic rings. The lowest BCUT2D eigenvalue weighted by molar-refractivity contribution is -0.0499. The molecule has 29 heavy (non-hydrogen) atoms. The number of para-hydroxylation sites is 1. The van der Waals surface area contributed by atoms with Crippen LogP contribution >= 0.6 is 0 Å². The summed E-state index contributed by atoms with van der Waals surface area (Å²) in [5, 5.41) is 2.49.